The van der Waals surface area contributed by atoms with Gasteiger partial charge in [0.25, 0.3) is 0 Å². The van der Waals surface area contributed by atoms with Crippen molar-refractivity contribution in [1.29, 1.82) is 0 Å². The van der Waals surface area contributed by atoms with Gasteiger partial charge >= 0.3 is 0 Å². The van der Waals surface area contributed by atoms with E-state index >= 15 is 0 Å². The molecular weight excluding hydrogens is 260 g/mol. The summed E-state index contributed by atoms with van der Waals surface area (Å²) >= 11 is 0. The first-order valence-corrected chi connectivity index (χ1v) is 9.43. The monoisotopic (exact) mass is 290 g/mol. The van der Waals surface area contributed by atoms with E-state index in [-0.39, 0.29) is 6.10 Å². The highest BCUT2D eigenvalue weighted by Gasteiger charge is 2.68. The summed E-state index contributed by atoms with van der Waals surface area (Å²) < 4.78 is 6.00. The van der Waals surface area contributed by atoms with Crippen molar-refractivity contribution in [3.63, 3.8) is 0 Å². The number of hydrogen-bond acceptors (Lipinski definition) is 2. The van der Waals surface area contributed by atoms with E-state index < -0.39 is 0 Å². The Morgan fingerprint density at radius 2 is 1.76 bits per heavy atom. The van der Waals surface area contributed by atoms with E-state index in [1.165, 1.54) is 44.9 Å². The second-order valence-corrected chi connectivity index (χ2v) is 9.27. The molecule has 0 amide bonds. The van der Waals surface area contributed by atoms with Crippen molar-refractivity contribution in [2.45, 2.75) is 76.4 Å². The summed E-state index contributed by atoms with van der Waals surface area (Å²) in [6.45, 7) is 3.61. The van der Waals surface area contributed by atoms with E-state index in [0.29, 0.717) is 11.0 Å². The van der Waals surface area contributed by atoms with Crippen molar-refractivity contribution in [1.82, 2.24) is 0 Å². The van der Waals surface area contributed by atoms with E-state index in [0.717, 1.165) is 49.0 Å². The van der Waals surface area contributed by atoms with Crippen LogP contribution in [0.4, 0.5) is 0 Å². The maximum atomic E-state index is 10.00. The molecule has 1 N–H and O–H groups in total. The molecule has 118 valence electrons. The van der Waals surface area contributed by atoms with Crippen LogP contribution in [0, 0.1) is 35.0 Å². The van der Waals surface area contributed by atoms with Crippen LogP contribution in [0.5, 0.6) is 0 Å². The summed E-state index contributed by atoms with van der Waals surface area (Å²) in [7, 11) is 0. The van der Waals surface area contributed by atoms with Gasteiger partial charge in [-0.2, -0.15) is 0 Å². The molecule has 0 radical (unpaired) electrons. The third-order valence-electron chi connectivity index (χ3n) is 8.66. The highest BCUT2D eigenvalue weighted by molar-refractivity contribution is 5.17. The van der Waals surface area contributed by atoms with Crippen LogP contribution < -0.4 is 0 Å². The lowest BCUT2D eigenvalue weighted by molar-refractivity contribution is -0.0661. The van der Waals surface area contributed by atoms with E-state index in [1.807, 2.05) is 0 Å². The predicted molar refractivity (Wildman–Crippen MR) is 81.8 cm³/mol. The Labute approximate surface area is 128 Å². The second-order valence-electron chi connectivity index (χ2n) is 9.27. The molecule has 5 aliphatic rings. The summed E-state index contributed by atoms with van der Waals surface area (Å²) in [4.78, 5) is 0. The number of hydrogen-bond donors (Lipinski definition) is 1. The van der Waals surface area contributed by atoms with Crippen molar-refractivity contribution in [2.75, 3.05) is 6.61 Å². The van der Waals surface area contributed by atoms with Crippen molar-refractivity contribution in [3.8, 4) is 0 Å². The standard InChI is InChI=1S/C19H30O2/c1-18-6-4-13-8-14-9-15(20)3-2-12(14)10-16(13)17(18)5-7-19(18)11-21-19/h12-17,20H,2-11H2,1H3/t12-,13+,14+,15?,16+,17-,18-,19+/m1/s1. The van der Waals surface area contributed by atoms with Gasteiger partial charge in [0.1, 0.15) is 0 Å². The molecule has 21 heavy (non-hydrogen) atoms. The highest BCUT2D eigenvalue weighted by Crippen LogP contribution is 2.68. The zero-order valence-corrected chi connectivity index (χ0v) is 13.4. The Morgan fingerprint density at radius 3 is 2.57 bits per heavy atom. The third-order valence-corrected chi connectivity index (χ3v) is 8.66. The number of rotatable bonds is 0. The average Bonchev–Trinajstić information content (AvgIpc) is 3.20. The zero-order chi connectivity index (χ0) is 14.2. The normalized spacial score (nSPS) is 62.0. The van der Waals surface area contributed by atoms with E-state index in [2.05, 4.69) is 6.92 Å². The number of epoxide rings is 1. The van der Waals surface area contributed by atoms with Crippen molar-refractivity contribution in [3.05, 3.63) is 0 Å². The summed E-state index contributed by atoms with van der Waals surface area (Å²) in [6.07, 6.45) is 12.0. The first kappa shape index (κ1) is 13.4. The largest absolute Gasteiger partial charge is 0.393 e. The molecule has 5 fully saturated rings. The lowest BCUT2D eigenvalue weighted by Crippen LogP contribution is -2.49. The number of ether oxygens (including phenoxy) is 1. The van der Waals surface area contributed by atoms with Crippen LogP contribution in [0.2, 0.25) is 0 Å². The van der Waals surface area contributed by atoms with Crippen LogP contribution in [0.15, 0.2) is 0 Å². The quantitative estimate of drug-likeness (QED) is 0.689. The van der Waals surface area contributed by atoms with Gasteiger partial charge in [0.05, 0.1) is 18.3 Å². The summed E-state index contributed by atoms with van der Waals surface area (Å²) in [5.74, 6) is 4.64. The molecule has 1 aliphatic heterocycles. The fourth-order valence-electron chi connectivity index (χ4n) is 7.31. The van der Waals surface area contributed by atoms with Crippen LogP contribution in [0.25, 0.3) is 0 Å². The molecule has 1 unspecified atom stereocenters. The minimum absolute atomic E-state index is 0.00581. The minimum atomic E-state index is 0.00581. The Kier molecular flexibility index (Phi) is 2.71. The molecule has 1 saturated heterocycles. The Hall–Kier alpha value is -0.0800. The van der Waals surface area contributed by atoms with Gasteiger partial charge in [-0.3, -0.25) is 0 Å². The molecule has 8 atom stereocenters. The number of aliphatic hydroxyl groups is 1. The van der Waals surface area contributed by atoms with Crippen molar-refractivity contribution < 1.29 is 9.84 Å². The first-order chi connectivity index (χ1) is 10.1. The molecule has 0 aromatic heterocycles. The Balaban J connectivity index is 1.40. The topological polar surface area (TPSA) is 32.8 Å². The second kappa shape index (κ2) is 4.26. The van der Waals surface area contributed by atoms with E-state index in [4.69, 9.17) is 4.74 Å². The Bertz CT molecular complexity index is 443. The van der Waals surface area contributed by atoms with Gasteiger partial charge in [-0.1, -0.05) is 6.92 Å². The van der Waals surface area contributed by atoms with Crippen LogP contribution in [0.3, 0.4) is 0 Å². The average molecular weight is 290 g/mol. The fourth-order valence-corrected chi connectivity index (χ4v) is 7.31. The van der Waals surface area contributed by atoms with Crippen LogP contribution >= 0.6 is 0 Å². The van der Waals surface area contributed by atoms with Gasteiger partial charge in [-0.25, -0.2) is 0 Å². The molecule has 5 rings (SSSR count). The first-order valence-electron chi connectivity index (χ1n) is 9.43. The van der Waals surface area contributed by atoms with Gasteiger partial charge in [-0.15, -0.1) is 0 Å². The lowest BCUT2D eigenvalue weighted by Gasteiger charge is -2.54. The molecule has 2 heteroatoms. The number of aliphatic hydroxyl groups excluding tert-OH is 1. The van der Waals surface area contributed by atoms with Crippen molar-refractivity contribution >= 4 is 0 Å². The van der Waals surface area contributed by atoms with E-state index in [9.17, 15) is 5.11 Å². The zero-order valence-electron chi connectivity index (χ0n) is 13.4. The summed E-state index contributed by atoms with van der Waals surface area (Å²) in [6, 6.07) is 0. The molecule has 4 aliphatic carbocycles. The SMILES string of the molecule is C[C@@]12CC[C@H]3C[C@H]4CC(O)CC[C@@H]4C[C@@H]3[C@H]1CC[C@]21CO1. The molecular formula is C19H30O2. The van der Waals surface area contributed by atoms with E-state index in [1.54, 1.807) is 0 Å². The lowest BCUT2D eigenvalue weighted by atomic mass is 9.51. The maximum Gasteiger partial charge on any atom is 0.0972 e. The maximum absolute atomic E-state index is 10.00. The van der Waals surface area contributed by atoms with Gasteiger partial charge in [0.15, 0.2) is 0 Å². The third kappa shape index (κ3) is 1.72. The molecule has 0 bridgehead atoms. The van der Waals surface area contributed by atoms with Gasteiger partial charge in [-0.05, 0) is 87.4 Å². The van der Waals surface area contributed by atoms with Gasteiger partial charge in [0, 0.05) is 5.41 Å². The minimum Gasteiger partial charge on any atom is -0.393 e. The molecule has 4 saturated carbocycles. The van der Waals surface area contributed by atoms with Gasteiger partial charge < -0.3 is 9.84 Å². The highest BCUT2D eigenvalue weighted by atomic mass is 16.6. The smallest absolute Gasteiger partial charge is 0.0972 e. The molecule has 1 spiro atoms. The molecule has 0 aromatic carbocycles. The summed E-state index contributed by atoms with van der Waals surface area (Å²) in [5.41, 5.74) is 0.803. The molecule has 0 aromatic rings. The summed E-state index contributed by atoms with van der Waals surface area (Å²) in [5, 5.41) is 10.00. The van der Waals surface area contributed by atoms with Gasteiger partial charge in [0.2, 0.25) is 0 Å². The molecule has 2 nitrogen and oxygen atoms in total. The van der Waals surface area contributed by atoms with Crippen LogP contribution in [-0.2, 0) is 4.74 Å². The Morgan fingerprint density at radius 1 is 0.905 bits per heavy atom. The van der Waals surface area contributed by atoms with Crippen LogP contribution in [-0.4, -0.2) is 23.4 Å². The van der Waals surface area contributed by atoms with Crippen LogP contribution in [0.1, 0.15) is 64.7 Å². The predicted octanol–water partition coefficient (Wildman–Crippen LogP) is 3.77. The fraction of sp³-hybridized carbons (Fsp3) is 1.00. The number of fused-ring (bicyclic) bond motifs is 5. The van der Waals surface area contributed by atoms with Crippen molar-refractivity contribution in [2.24, 2.45) is 35.0 Å². The molecule has 1 heterocycles.